The summed E-state index contributed by atoms with van der Waals surface area (Å²) >= 11 is 0. The van der Waals surface area contributed by atoms with Gasteiger partial charge in [-0.3, -0.25) is 0 Å². The van der Waals surface area contributed by atoms with Gasteiger partial charge in [-0.2, -0.15) is 0 Å². The maximum Gasteiger partial charge on any atom is 0.145 e. The number of hydrogen-bond acceptors (Lipinski definition) is 2. The van der Waals surface area contributed by atoms with Gasteiger partial charge in [-0.15, -0.1) is 0 Å². The van der Waals surface area contributed by atoms with Gasteiger partial charge in [0.05, 0.1) is 5.69 Å². The molecule has 0 atom stereocenters. The highest BCUT2D eigenvalue weighted by molar-refractivity contribution is 5.58. The summed E-state index contributed by atoms with van der Waals surface area (Å²) < 4.78 is 5.84. The number of anilines is 1. The molecule has 18 heavy (non-hydrogen) atoms. The lowest BCUT2D eigenvalue weighted by Gasteiger charge is -2.13. The Balaban J connectivity index is 2.16. The molecule has 0 radical (unpaired) electrons. The number of nitrogen functional groups attached to an aromatic ring is 1. The third-order valence-corrected chi connectivity index (χ3v) is 2.91. The highest BCUT2D eigenvalue weighted by atomic mass is 16.5. The lowest BCUT2D eigenvalue weighted by molar-refractivity contribution is 0.306. The summed E-state index contributed by atoms with van der Waals surface area (Å²) in [6.45, 7) is 6.69. The van der Waals surface area contributed by atoms with Crippen LogP contribution in [-0.4, -0.2) is 0 Å². The van der Waals surface area contributed by atoms with Crippen molar-refractivity contribution in [1.82, 2.24) is 0 Å². The summed E-state index contributed by atoms with van der Waals surface area (Å²) in [7, 11) is 0. The molecule has 0 saturated carbocycles. The first kappa shape index (κ1) is 12.5. The molecule has 0 unspecified atom stereocenters. The van der Waals surface area contributed by atoms with Crippen molar-refractivity contribution in [1.29, 1.82) is 0 Å². The van der Waals surface area contributed by atoms with Crippen LogP contribution in [0.3, 0.4) is 0 Å². The van der Waals surface area contributed by atoms with Gasteiger partial charge in [0.25, 0.3) is 0 Å². The average molecular weight is 241 g/mol. The molecule has 0 aliphatic carbocycles. The maximum absolute atomic E-state index is 5.99. The van der Waals surface area contributed by atoms with Crippen LogP contribution in [0.4, 0.5) is 5.69 Å². The van der Waals surface area contributed by atoms with Crippen LogP contribution in [0.5, 0.6) is 5.75 Å². The summed E-state index contributed by atoms with van der Waals surface area (Å²) in [5, 5.41) is 0. The van der Waals surface area contributed by atoms with Gasteiger partial charge < -0.3 is 10.5 Å². The Labute approximate surface area is 108 Å². The van der Waals surface area contributed by atoms with Crippen LogP contribution in [0.25, 0.3) is 0 Å². The van der Waals surface area contributed by atoms with Gasteiger partial charge in [0.2, 0.25) is 0 Å². The summed E-state index contributed by atoms with van der Waals surface area (Å²) in [5.74, 6) is 0.794. The molecule has 2 heteroatoms. The first-order valence-corrected chi connectivity index (χ1v) is 6.11. The zero-order valence-corrected chi connectivity index (χ0v) is 11.2. The van der Waals surface area contributed by atoms with Crippen molar-refractivity contribution in [3.8, 4) is 5.75 Å². The third kappa shape index (κ3) is 2.83. The second kappa shape index (κ2) is 5.13. The Bertz CT molecular complexity index is 538. The lowest BCUT2D eigenvalue weighted by atomic mass is 10.1. The van der Waals surface area contributed by atoms with Crippen LogP contribution in [-0.2, 0) is 6.61 Å². The van der Waals surface area contributed by atoms with E-state index in [4.69, 9.17) is 10.5 Å². The Kier molecular flexibility index (Phi) is 3.56. The van der Waals surface area contributed by atoms with E-state index in [1.54, 1.807) is 0 Å². The Hall–Kier alpha value is -1.96. The quantitative estimate of drug-likeness (QED) is 0.830. The standard InChI is InChI=1S/C16H19NO/c1-11-5-4-6-14(8-11)10-18-16-13(3)7-12(2)9-15(16)17/h4-9H,10,17H2,1-3H3. The number of hydrogen-bond donors (Lipinski definition) is 1. The van der Waals surface area contributed by atoms with E-state index in [0.29, 0.717) is 12.3 Å². The average Bonchev–Trinajstić information content (AvgIpc) is 2.27. The summed E-state index contributed by atoms with van der Waals surface area (Å²) in [6, 6.07) is 12.3. The van der Waals surface area contributed by atoms with Gasteiger partial charge in [-0.25, -0.2) is 0 Å². The van der Waals surface area contributed by atoms with E-state index in [0.717, 1.165) is 22.4 Å². The van der Waals surface area contributed by atoms with Crippen molar-refractivity contribution in [3.63, 3.8) is 0 Å². The maximum atomic E-state index is 5.99. The lowest BCUT2D eigenvalue weighted by Crippen LogP contribution is -2.01. The molecule has 0 heterocycles. The van der Waals surface area contributed by atoms with E-state index in [-0.39, 0.29) is 0 Å². The normalized spacial score (nSPS) is 10.4. The topological polar surface area (TPSA) is 35.2 Å². The molecule has 2 N–H and O–H groups in total. The van der Waals surface area contributed by atoms with E-state index < -0.39 is 0 Å². The molecular weight excluding hydrogens is 222 g/mol. The number of nitrogens with two attached hydrogens (primary N) is 1. The highest BCUT2D eigenvalue weighted by Gasteiger charge is 2.06. The fraction of sp³-hybridized carbons (Fsp3) is 0.250. The fourth-order valence-corrected chi connectivity index (χ4v) is 2.14. The van der Waals surface area contributed by atoms with E-state index in [2.05, 4.69) is 31.2 Å². The molecular formula is C16H19NO. The second-order valence-corrected chi connectivity index (χ2v) is 4.78. The molecule has 2 aromatic carbocycles. The zero-order chi connectivity index (χ0) is 13.1. The monoisotopic (exact) mass is 241 g/mol. The molecule has 0 amide bonds. The molecule has 0 aromatic heterocycles. The van der Waals surface area contributed by atoms with Crippen LogP contribution in [0.1, 0.15) is 22.3 Å². The Morgan fingerprint density at radius 2 is 1.78 bits per heavy atom. The predicted molar refractivity (Wildman–Crippen MR) is 75.8 cm³/mol. The molecule has 0 saturated heterocycles. The molecule has 2 rings (SSSR count). The summed E-state index contributed by atoms with van der Waals surface area (Å²) in [4.78, 5) is 0. The van der Waals surface area contributed by atoms with Crippen LogP contribution in [0.2, 0.25) is 0 Å². The van der Waals surface area contributed by atoms with Gasteiger partial charge in [0.15, 0.2) is 0 Å². The predicted octanol–water partition coefficient (Wildman–Crippen LogP) is 3.77. The van der Waals surface area contributed by atoms with Gasteiger partial charge >= 0.3 is 0 Å². The minimum atomic E-state index is 0.551. The van der Waals surface area contributed by atoms with E-state index in [9.17, 15) is 0 Å². The first-order valence-electron chi connectivity index (χ1n) is 6.11. The van der Waals surface area contributed by atoms with E-state index >= 15 is 0 Å². The molecule has 0 bridgehead atoms. The summed E-state index contributed by atoms with van der Waals surface area (Å²) in [6.07, 6.45) is 0. The number of benzene rings is 2. The van der Waals surface area contributed by atoms with Gasteiger partial charge in [-0.05, 0) is 43.5 Å². The van der Waals surface area contributed by atoms with Crippen molar-refractivity contribution in [2.45, 2.75) is 27.4 Å². The zero-order valence-electron chi connectivity index (χ0n) is 11.2. The van der Waals surface area contributed by atoms with Crippen LogP contribution < -0.4 is 10.5 Å². The smallest absolute Gasteiger partial charge is 0.145 e. The van der Waals surface area contributed by atoms with Crippen molar-refractivity contribution in [2.75, 3.05) is 5.73 Å². The minimum Gasteiger partial charge on any atom is -0.486 e. The first-order chi connectivity index (χ1) is 8.56. The van der Waals surface area contributed by atoms with Gasteiger partial charge in [0, 0.05) is 0 Å². The van der Waals surface area contributed by atoms with Crippen molar-refractivity contribution >= 4 is 5.69 Å². The summed E-state index contributed by atoms with van der Waals surface area (Å²) in [5.41, 5.74) is 11.3. The van der Waals surface area contributed by atoms with Gasteiger partial charge in [0.1, 0.15) is 12.4 Å². The fourth-order valence-electron chi connectivity index (χ4n) is 2.14. The Morgan fingerprint density at radius 3 is 2.44 bits per heavy atom. The van der Waals surface area contributed by atoms with Crippen molar-refractivity contribution < 1.29 is 4.74 Å². The highest BCUT2D eigenvalue weighted by Crippen LogP contribution is 2.28. The van der Waals surface area contributed by atoms with Crippen molar-refractivity contribution in [3.05, 3.63) is 58.7 Å². The molecule has 2 nitrogen and oxygen atoms in total. The van der Waals surface area contributed by atoms with Crippen LogP contribution >= 0.6 is 0 Å². The van der Waals surface area contributed by atoms with E-state index in [1.807, 2.05) is 26.0 Å². The molecule has 0 aliphatic heterocycles. The molecule has 94 valence electrons. The van der Waals surface area contributed by atoms with Crippen molar-refractivity contribution in [2.24, 2.45) is 0 Å². The number of ether oxygens (including phenoxy) is 1. The largest absolute Gasteiger partial charge is 0.486 e. The minimum absolute atomic E-state index is 0.551. The Morgan fingerprint density at radius 1 is 1.00 bits per heavy atom. The number of rotatable bonds is 3. The second-order valence-electron chi connectivity index (χ2n) is 4.78. The molecule has 0 fully saturated rings. The molecule has 0 spiro atoms. The molecule has 0 aliphatic rings. The van der Waals surface area contributed by atoms with Crippen LogP contribution in [0, 0.1) is 20.8 Å². The van der Waals surface area contributed by atoms with E-state index in [1.165, 1.54) is 5.56 Å². The van der Waals surface area contributed by atoms with Crippen LogP contribution in [0.15, 0.2) is 36.4 Å². The molecule has 2 aromatic rings. The SMILES string of the molecule is Cc1cccc(COc2c(C)cc(C)cc2N)c1. The van der Waals surface area contributed by atoms with Gasteiger partial charge in [-0.1, -0.05) is 35.9 Å². The number of aryl methyl sites for hydroxylation is 3. The third-order valence-electron chi connectivity index (χ3n) is 2.91.